The van der Waals surface area contributed by atoms with E-state index in [1.807, 2.05) is 6.07 Å². The van der Waals surface area contributed by atoms with Crippen LogP contribution in [0.2, 0.25) is 5.02 Å². The molecule has 1 fully saturated rings. The largest absolute Gasteiger partial charge is 0.492 e. The first-order valence-electron chi connectivity index (χ1n) is 7.53. The molecule has 21 heavy (non-hydrogen) atoms. The molecule has 2 nitrogen and oxygen atoms in total. The molecule has 0 spiro atoms. The SMILES string of the molecule is COCCCOc1cc(C2CCC(C)(C)C2)c(Br)cc1Cl. The third kappa shape index (κ3) is 4.61. The van der Waals surface area contributed by atoms with E-state index in [9.17, 15) is 0 Å². The minimum absolute atomic E-state index is 0.434. The second-order valence-electron chi connectivity index (χ2n) is 6.60. The van der Waals surface area contributed by atoms with Gasteiger partial charge in [0.05, 0.1) is 11.6 Å². The van der Waals surface area contributed by atoms with Crippen molar-refractivity contribution in [3.8, 4) is 5.75 Å². The van der Waals surface area contributed by atoms with Crippen molar-refractivity contribution in [2.45, 2.75) is 45.4 Å². The summed E-state index contributed by atoms with van der Waals surface area (Å²) < 4.78 is 11.9. The fourth-order valence-electron chi connectivity index (χ4n) is 3.06. The molecule has 0 heterocycles. The van der Waals surface area contributed by atoms with Gasteiger partial charge in [0, 0.05) is 24.6 Å². The van der Waals surface area contributed by atoms with Gasteiger partial charge < -0.3 is 9.47 Å². The van der Waals surface area contributed by atoms with Crippen molar-refractivity contribution in [2.75, 3.05) is 20.3 Å². The number of hydrogen-bond donors (Lipinski definition) is 0. The molecule has 0 N–H and O–H groups in total. The van der Waals surface area contributed by atoms with Crippen molar-refractivity contribution in [1.82, 2.24) is 0 Å². The van der Waals surface area contributed by atoms with E-state index in [0.717, 1.165) is 16.6 Å². The van der Waals surface area contributed by atoms with Crippen LogP contribution >= 0.6 is 27.5 Å². The molecule has 0 saturated heterocycles. The molecule has 1 aromatic rings. The summed E-state index contributed by atoms with van der Waals surface area (Å²) in [6, 6.07) is 4.08. The van der Waals surface area contributed by atoms with Crippen LogP contribution in [0, 0.1) is 5.41 Å². The zero-order valence-corrected chi connectivity index (χ0v) is 15.4. The first kappa shape index (κ1) is 17.1. The lowest BCUT2D eigenvalue weighted by Crippen LogP contribution is -2.06. The number of rotatable bonds is 6. The number of ether oxygens (including phenoxy) is 2. The summed E-state index contributed by atoms with van der Waals surface area (Å²) in [6.07, 6.45) is 4.60. The van der Waals surface area contributed by atoms with Crippen LogP contribution in [-0.4, -0.2) is 20.3 Å². The Morgan fingerprint density at radius 1 is 1.33 bits per heavy atom. The third-order valence-corrected chi connectivity index (χ3v) is 5.19. The lowest BCUT2D eigenvalue weighted by molar-refractivity contribution is 0.172. The molecule has 4 heteroatoms. The van der Waals surface area contributed by atoms with E-state index < -0.39 is 0 Å². The summed E-state index contributed by atoms with van der Waals surface area (Å²) in [5.41, 5.74) is 1.76. The molecule has 118 valence electrons. The minimum atomic E-state index is 0.434. The zero-order valence-electron chi connectivity index (χ0n) is 13.0. The van der Waals surface area contributed by atoms with Crippen LogP contribution < -0.4 is 4.74 Å². The Labute approximate surface area is 141 Å². The minimum Gasteiger partial charge on any atom is -0.492 e. The van der Waals surface area contributed by atoms with Gasteiger partial charge in [0.2, 0.25) is 0 Å². The van der Waals surface area contributed by atoms with Gasteiger partial charge in [-0.3, -0.25) is 0 Å². The molecule has 0 bridgehead atoms. The summed E-state index contributed by atoms with van der Waals surface area (Å²) >= 11 is 9.95. The van der Waals surface area contributed by atoms with Gasteiger partial charge in [-0.25, -0.2) is 0 Å². The lowest BCUT2D eigenvalue weighted by atomic mass is 9.88. The molecular weight excluding hydrogens is 352 g/mol. The topological polar surface area (TPSA) is 18.5 Å². The quantitative estimate of drug-likeness (QED) is 0.584. The molecule has 1 aromatic carbocycles. The average Bonchev–Trinajstić information content (AvgIpc) is 2.77. The Kier molecular flexibility index (Phi) is 5.98. The van der Waals surface area contributed by atoms with Crippen molar-refractivity contribution in [1.29, 1.82) is 0 Å². The fraction of sp³-hybridized carbons (Fsp3) is 0.647. The van der Waals surface area contributed by atoms with Crippen LogP contribution in [0.3, 0.4) is 0 Å². The Hall–Kier alpha value is -0.250. The van der Waals surface area contributed by atoms with Gasteiger partial charge in [-0.05, 0) is 48.3 Å². The summed E-state index contributed by atoms with van der Waals surface area (Å²) in [4.78, 5) is 0. The molecule has 1 aliphatic rings. The van der Waals surface area contributed by atoms with Crippen LogP contribution in [0.4, 0.5) is 0 Å². The van der Waals surface area contributed by atoms with Gasteiger partial charge >= 0.3 is 0 Å². The Morgan fingerprint density at radius 3 is 2.71 bits per heavy atom. The highest BCUT2D eigenvalue weighted by atomic mass is 79.9. The number of halogens is 2. The first-order valence-corrected chi connectivity index (χ1v) is 8.71. The summed E-state index contributed by atoms with van der Waals surface area (Å²) in [5.74, 6) is 1.38. The van der Waals surface area contributed by atoms with Crippen molar-refractivity contribution in [2.24, 2.45) is 5.41 Å². The third-order valence-electron chi connectivity index (χ3n) is 4.21. The van der Waals surface area contributed by atoms with Gasteiger partial charge in [0.1, 0.15) is 5.75 Å². The highest BCUT2D eigenvalue weighted by Crippen LogP contribution is 2.48. The van der Waals surface area contributed by atoms with Gasteiger partial charge in [-0.2, -0.15) is 0 Å². The maximum absolute atomic E-state index is 6.29. The highest BCUT2D eigenvalue weighted by molar-refractivity contribution is 9.10. The van der Waals surface area contributed by atoms with E-state index in [0.29, 0.717) is 29.6 Å². The Morgan fingerprint density at radius 2 is 2.10 bits per heavy atom. The predicted molar refractivity (Wildman–Crippen MR) is 91.5 cm³/mol. The van der Waals surface area contributed by atoms with E-state index in [1.165, 1.54) is 24.8 Å². The van der Waals surface area contributed by atoms with Crippen molar-refractivity contribution >= 4 is 27.5 Å². The molecular formula is C17H24BrClO2. The standard InChI is InChI=1S/C17H24BrClO2/c1-17(2)6-5-12(11-17)13-9-16(15(19)10-14(13)18)21-8-4-7-20-3/h9-10,12H,4-8,11H2,1-3H3. The molecule has 1 atom stereocenters. The maximum atomic E-state index is 6.29. The monoisotopic (exact) mass is 374 g/mol. The van der Waals surface area contributed by atoms with Crippen molar-refractivity contribution in [3.05, 3.63) is 27.2 Å². The number of benzene rings is 1. The second-order valence-corrected chi connectivity index (χ2v) is 7.86. The van der Waals surface area contributed by atoms with Gasteiger partial charge in [0.15, 0.2) is 0 Å². The van der Waals surface area contributed by atoms with E-state index in [4.69, 9.17) is 21.1 Å². The number of methoxy groups -OCH3 is 1. The van der Waals surface area contributed by atoms with E-state index in [2.05, 4.69) is 35.8 Å². The summed E-state index contributed by atoms with van der Waals surface area (Å²) in [7, 11) is 1.70. The van der Waals surface area contributed by atoms with E-state index in [-0.39, 0.29) is 0 Å². The zero-order chi connectivity index (χ0) is 15.5. The van der Waals surface area contributed by atoms with Gasteiger partial charge in [-0.1, -0.05) is 41.4 Å². The van der Waals surface area contributed by atoms with Gasteiger partial charge in [-0.15, -0.1) is 0 Å². The normalized spacial score (nSPS) is 20.7. The molecule has 1 saturated carbocycles. The van der Waals surface area contributed by atoms with Crippen LogP contribution in [0.25, 0.3) is 0 Å². The van der Waals surface area contributed by atoms with Gasteiger partial charge in [0.25, 0.3) is 0 Å². The molecule has 1 aliphatic carbocycles. The Balaban J connectivity index is 2.11. The molecule has 0 radical (unpaired) electrons. The second kappa shape index (κ2) is 7.34. The lowest BCUT2D eigenvalue weighted by Gasteiger charge is -2.19. The van der Waals surface area contributed by atoms with E-state index in [1.54, 1.807) is 7.11 Å². The number of hydrogen-bond acceptors (Lipinski definition) is 2. The molecule has 0 aliphatic heterocycles. The molecule has 0 aromatic heterocycles. The highest BCUT2D eigenvalue weighted by Gasteiger charge is 2.33. The first-order chi connectivity index (χ1) is 9.93. The van der Waals surface area contributed by atoms with Crippen LogP contribution in [0.15, 0.2) is 16.6 Å². The predicted octanol–water partition coefficient (Wildman–Crippen LogP) is 5.81. The van der Waals surface area contributed by atoms with Crippen molar-refractivity contribution < 1.29 is 9.47 Å². The summed E-state index contributed by atoms with van der Waals surface area (Å²) in [5, 5.41) is 0.667. The smallest absolute Gasteiger partial charge is 0.138 e. The molecule has 2 rings (SSSR count). The fourth-order valence-corrected chi connectivity index (χ4v) is 4.07. The molecule has 0 amide bonds. The van der Waals surface area contributed by atoms with Crippen molar-refractivity contribution in [3.63, 3.8) is 0 Å². The molecule has 1 unspecified atom stereocenters. The maximum Gasteiger partial charge on any atom is 0.138 e. The van der Waals surface area contributed by atoms with Crippen LogP contribution in [0.5, 0.6) is 5.75 Å². The average molecular weight is 376 g/mol. The Bertz CT molecular complexity index is 488. The van der Waals surface area contributed by atoms with Crippen LogP contribution in [0.1, 0.15) is 51.0 Å². The van der Waals surface area contributed by atoms with E-state index >= 15 is 0 Å². The summed E-state index contributed by atoms with van der Waals surface area (Å²) in [6.45, 7) is 6.03. The van der Waals surface area contributed by atoms with Crippen LogP contribution in [-0.2, 0) is 4.74 Å².